The molecule has 1 aromatic rings. The number of carbonyl (C=O) groups excluding carboxylic acids is 1. The summed E-state index contributed by atoms with van der Waals surface area (Å²) in [5.41, 5.74) is 1.06. The molecule has 96 valence electrons. The molecule has 18 heavy (non-hydrogen) atoms. The third kappa shape index (κ3) is 2.27. The molecule has 2 fully saturated rings. The molecule has 0 spiro atoms. The van der Waals surface area contributed by atoms with Crippen molar-refractivity contribution in [3.63, 3.8) is 0 Å². The molecule has 1 aromatic carbocycles. The van der Waals surface area contributed by atoms with E-state index >= 15 is 0 Å². The van der Waals surface area contributed by atoms with E-state index in [1.807, 2.05) is 30.3 Å². The second kappa shape index (κ2) is 5.11. The fourth-order valence-corrected chi connectivity index (χ4v) is 3.19. The van der Waals surface area contributed by atoms with E-state index in [1.165, 1.54) is 12.8 Å². The van der Waals surface area contributed by atoms with Crippen LogP contribution in [0.25, 0.3) is 0 Å². The van der Waals surface area contributed by atoms with Gasteiger partial charge in [0, 0.05) is 0 Å². The van der Waals surface area contributed by atoms with Crippen molar-refractivity contribution in [2.24, 2.45) is 5.92 Å². The Morgan fingerprint density at radius 2 is 2.06 bits per heavy atom. The van der Waals surface area contributed by atoms with E-state index < -0.39 is 0 Å². The highest BCUT2D eigenvalue weighted by Gasteiger charge is 2.42. The van der Waals surface area contributed by atoms with Gasteiger partial charge >= 0.3 is 5.97 Å². The Morgan fingerprint density at radius 1 is 1.22 bits per heavy atom. The second-order valence-corrected chi connectivity index (χ2v) is 5.27. The first kappa shape index (κ1) is 11.7. The van der Waals surface area contributed by atoms with Crippen LogP contribution in [0.5, 0.6) is 0 Å². The van der Waals surface area contributed by atoms with Crippen LogP contribution in [0, 0.1) is 5.92 Å². The minimum atomic E-state index is -0.0268. The zero-order chi connectivity index (χ0) is 12.4. The van der Waals surface area contributed by atoms with Crippen LogP contribution in [0.4, 0.5) is 0 Å². The van der Waals surface area contributed by atoms with Crippen molar-refractivity contribution < 1.29 is 9.53 Å². The zero-order valence-electron chi connectivity index (χ0n) is 10.5. The van der Waals surface area contributed by atoms with Crippen molar-refractivity contribution in [2.45, 2.75) is 31.9 Å². The van der Waals surface area contributed by atoms with Crippen molar-refractivity contribution in [3.05, 3.63) is 35.9 Å². The monoisotopic (exact) mass is 245 g/mol. The smallest absolute Gasteiger partial charge is 0.323 e. The summed E-state index contributed by atoms with van der Waals surface area (Å²) in [6.07, 6.45) is 3.57. The Hall–Kier alpha value is -1.35. The van der Waals surface area contributed by atoms with Crippen molar-refractivity contribution in [3.8, 4) is 0 Å². The minimum absolute atomic E-state index is 0.0268. The molecule has 0 aromatic heterocycles. The van der Waals surface area contributed by atoms with E-state index in [9.17, 15) is 4.79 Å². The van der Waals surface area contributed by atoms with Crippen LogP contribution in [0.3, 0.4) is 0 Å². The Labute approximate surface area is 108 Å². The molecule has 2 saturated heterocycles. The van der Waals surface area contributed by atoms with E-state index in [4.69, 9.17) is 4.74 Å². The van der Waals surface area contributed by atoms with Crippen LogP contribution in [0.2, 0.25) is 0 Å². The molecule has 3 heteroatoms. The topological polar surface area (TPSA) is 29.5 Å². The van der Waals surface area contributed by atoms with E-state index in [0.29, 0.717) is 12.5 Å². The highest BCUT2D eigenvalue weighted by atomic mass is 16.5. The molecule has 3 nitrogen and oxygen atoms in total. The molecule has 2 bridgehead atoms. The summed E-state index contributed by atoms with van der Waals surface area (Å²) in [5, 5.41) is 0. The summed E-state index contributed by atoms with van der Waals surface area (Å²) >= 11 is 0. The Morgan fingerprint density at radius 3 is 2.83 bits per heavy atom. The molecule has 3 rings (SSSR count). The number of fused-ring (bicyclic) bond motifs is 2. The summed E-state index contributed by atoms with van der Waals surface area (Å²) in [7, 11) is 0. The molecular weight excluding hydrogens is 226 g/mol. The maximum absolute atomic E-state index is 12.2. The van der Waals surface area contributed by atoms with E-state index in [-0.39, 0.29) is 12.0 Å². The van der Waals surface area contributed by atoms with Crippen molar-refractivity contribution in [1.29, 1.82) is 0 Å². The lowest BCUT2D eigenvalue weighted by Crippen LogP contribution is -2.44. The molecule has 2 heterocycles. The lowest BCUT2D eigenvalue weighted by atomic mass is 9.92. The quantitative estimate of drug-likeness (QED) is 0.765. The van der Waals surface area contributed by atoms with Gasteiger partial charge < -0.3 is 4.74 Å². The number of benzene rings is 1. The van der Waals surface area contributed by atoms with Gasteiger partial charge in [0.05, 0.1) is 0 Å². The average Bonchev–Trinajstić information content (AvgIpc) is 2.67. The van der Waals surface area contributed by atoms with Gasteiger partial charge in [-0.05, 0) is 43.8 Å². The van der Waals surface area contributed by atoms with Crippen LogP contribution < -0.4 is 0 Å². The lowest BCUT2D eigenvalue weighted by Gasteiger charge is -2.30. The van der Waals surface area contributed by atoms with E-state index in [2.05, 4.69) is 4.90 Å². The van der Waals surface area contributed by atoms with Gasteiger partial charge in [0.2, 0.25) is 0 Å². The first-order valence-electron chi connectivity index (χ1n) is 6.79. The molecule has 0 saturated carbocycles. The molecule has 2 aliphatic heterocycles. The van der Waals surface area contributed by atoms with Crippen LogP contribution in [-0.2, 0) is 16.1 Å². The third-order valence-corrected chi connectivity index (χ3v) is 4.11. The van der Waals surface area contributed by atoms with Crippen molar-refractivity contribution >= 4 is 5.97 Å². The van der Waals surface area contributed by atoms with Gasteiger partial charge in [-0.3, -0.25) is 9.69 Å². The summed E-state index contributed by atoms with van der Waals surface area (Å²) in [6.45, 7) is 2.52. The summed E-state index contributed by atoms with van der Waals surface area (Å²) in [5.74, 6) is 0.503. The van der Waals surface area contributed by atoms with Crippen molar-refractivity contribution in [2.75, 3.05) is 13.1 Å². The largest absolute Gasteiger partial charge is 0.460 e. The Kier molecular flexibility index (Phi) is 3.33. The molecule has 0 amide bonds. The van der Waals surface area contributed by atoms with Gasteiger partial charge in [-0.2, -0.15) is 0 Å². The number of carbonyl (C=O) groups is 1. The van der Waals surface area contributed by atoms with E-state index in [1.54, 1.807) is 0 Å². The fourth-order valence-electron chi connectivity index (χ4n) is 3.19. The minimum Gasteiger partial charge on any atom is -0.460 e. The van der Waals surface area contributed by atoms with Gasteiger partial charge in [0.25, 0.3) is 0 Å². The predicted octanol–water partition coefficient (Wildman–Crippen LogP) is 2.21. The number of hydrogen-bond acceptors (Lipinski definition) is 3. The van der Waals surface area contributed by atoms with Crippen LogP contribution >= 0.6 is 0 Å². The van der Waals surface area contributed by atoms with Gasteiger partial charge in [-0.15, -0.1) is 0 Å². The van der Waals surface area contributed by atoms with Gasteiger partial charge in [0.1, 0.15) is 12.6 Å². The standard InChI is InChI=1S/C15H19NO2/c17-15(18-11-12-5-2-1-3-6-12)14-13-7-4-9-16(14)10-8-13/h1-3,5-6,13-14H,4,7-11H2. The average molecular weight is 245 g/mol. The second-order valence-electron chi connectivity index (χ2n) is 5.27. The zero-order valence-corrected chi connectivity index (χ0v) is 10.5. The fraction of sp³-hybridized carbons (Fsp3) is 0.533. The van der Waals surface area contributed by atoms with Gasteiger partial charge in [0.15, 0.2) is 0 Å². The molecule has 0 aliphatic carbocycles. The maximum Gasteiger partial charge on any atom is 0.323 e. The number of hydrogen-bond donors (Lipinski definition) is 0. The van der Waals surface area contributed by atoms with Gasteiger partial charge in [-0.1, -0.05) is 30.3 Å². The first-order valence-corrected chi connectivity index (χ1v) is 6.79. The molecule has 0 radical (unpaired) electrons. The van der Waals surface area contributed by atoms with Crippen LogP contribution in [0.15, 0.2) is 30.3 Å². The van der Waals surface area contributed by atoms with Crippen LogP contribution in [0.1, 0.15) is 24.8 Å². The molecule has 0 N–H and O–H groups in total. The predicted molar refractivity (Wildman–Crippen MR) is 68.9 cm³/mol. The number of nitrogens with zero attached hydrogens (tertiary/aromatic N) is 1. The molecular formula is C15H19NO2. The molecule has 3 unspecified atom stereocenters. The highest BCUT2D eigenvalue weighted by Crippen LogP contribution is 2.33. The first-order chi connectivity index (χ1) is 8.84. The van der Waals surface area contributed by atoms with Crippen LogP contribution in [-0.4, -0.2) is 30.0 Å². The maximum atomic E-state index is 12.2. The third-order valence-electron chi connectivity index (χ3n) is 4.11. The highest BCUT2D eigenvalue weighted by molar-refractivity contribution is 5.76. The number of ether oxygens (including phenoxy) is 1. The number of rotatable bonds is 3. The number of piperidine rings is 1. The molecule has 3 atom stereocenters. The Balaban J connectivity index is 1.59. The van der Waals surface area contributed by atoms with E-state index in [0.717, 1.165) is 25.1 Å². The SMILES string of the molecule is O=C(OCc1ccccc1)C1C2CCCN1CC2. The molecule has 2 aliphatic rings. The summed E-state index contributed by atoms with van der Waals surface area (Å²) in [4.78, 5) is 14.5. The Bertz CT molecular complexity index is 402. The normalized spacial score (nSPS) is 30.1. The number of esters is 1. The van der Waals surface area contributed by atoms with Gasteiger partial charge in [-0.25, -0.2) is 0 Å². The lowest BCUT2D eigenvalue weighted by molar-refractivity contribution is -0.152. The summed E-state index contributed by atoms with van der Waals surface area (Å²) < 4.78 is 5.47. The van der Waals surface area contributed by atoms with Crippen molar-refractivity contribution in [1.82, 2.24) is 4.90 Å². The summed E-state index contributed by atoms with van der Waals surface area (Å²) in [6, 6.07) is 9.92.